The number of hydrogen-bond acceptors (Lipinski definition) is 3. The third-order valence-corrected chi connectivity index (χ3v) is 3.08. The van der Waals surface area contributed by atoms with Crippen LogP contribution in [0, 0.1) is 0 Å². The van der Waals surface area contributed by atoms with E-state index in [4.69, 9.17) is 11.5 Å². The zero-order valence-corrected chi connectivity index (χ0v) is 12.0. The minimum absolute atomic E-state index is 0. The number of para-hydroxylation sites is 1. The molecule has 0 radical (unpaired) electrons. The molecule has 1 aliphatic heterocycles. The molecule has 0 aliphatic carbocycles. The Labute approximate surface area is 121 Å². The first-order valence-corrected chi connectivity index (χ1v) is 5.91. The van der Waals surface area contributed by atoms with Crippen molar-refractivity contribution in [2.75, 3.05) is 5.73 Å². The summed E-state index contributed by atoms with van der Waals surface area (Å²) in [5, 5.41) is 0. The topological polar surface area (TPSA) is 64.4 Å². The molecule has 102 valence electrons. The van der Waals surface area contributed by atoms with Crippen molar-refractivity contribution in [1.82, 2.24) is 0 Å². The van der Waals surface area contributed by atoms with E-state index in [0.717, 1.165) is 37.2 Å². The number of amidine groups is 1. The molecule has 0 aromatic heterocycles. The van der Waals surface area contributed by atoms with E-state index in [1.165, 1.54) is 12.0 Å². The number of halogens is 2. The van der Waals surface area contributed by atoms with Gasteiger partial charge in [-0.25, -0.2) is 0 Å². The van der Waals surface area contributed by atoms with E-state index in [1.54, 1.807) is 0 Å². The molecule has 3 nitrogen and oxygen atoms in total. The van der Waals surface area contributed by atoms with Crippen molar-refractivity contribution in [3.63, 3.8) is 0 Å². The predicted molar refractivity (Wildman–Crippen MR) is 82.9 cm³/mol. The van der Waals surface area contributed by atoms with Gasteiger partial charge in [0.1, 0.15) is 0 Å². The monoisotopic (exact) mass is 289 g/mol. The van der Waals surface area contributed by atoms with Gasteiger partial charge in [-0.1, -0.05) is 24.6 Å². The van der Waals surface area contributed by atoms with Gasteiger partial charge in [0, 0.05) is 12.1 Å². The first-order chi connectivity index (χ1) is 7.75. The van der Waals surface area contributed by atoms with Gasteiger partial charge in [-0.2, -0.15) is 0 Å². The second kappa shape index (κ2) is 8.22. The quantitative estimate of drug-likeness (QED) is 0.822. The fourth-order valence-corrected chi connectivity index (χ4v) is 2.17. The molecule has 0 saturated carbocycles. The number of nitrogens with two attached hydrogens (primary N) is 2. The van der Waals surface area contributed by atoms with Gasteiger partial charge in [-0.15, -0.1) is 24.8 Å². The summed E-state index contributed by atoms with van der Waals surface area (Å²) in [5.41, 5.74) is 13.8. The van der Waals surface area contributed by atoms with E-state index in [0.29, 0.717) is 6.04 Å². The number of aliphatic imine (C=N–C) groups is 1. The van der Waals surface area contributed by atoms with Crippen molar-refractivity contribution >= 4 is 36.3 Å². The van der Waals surface area contributed by atoms with E-state index in [1.807, 2.05) is 18.2 Å². The summed E-state index contributed by atoms with van der Waals surface area (Å²) in [7, 11) is 0. The van der Waals surface area contributed by atoms with Crippen molar-refractivity contribution < 1.29 is 0 Å². The molecule has 5 heteroatoms. The molecule has 18 heavy (non-hydrogen) atoms. The third kappa shape index (κ3) is 4.75. The maximum atomic E-state index is 5.93. The molecule has 0 spiro atoms. The normalized spacial score (nSPS) is 18.9. The zero-order chi connectivity index (χ0) is 11.4. The molecule has 1 aliphatic rings. The van der Waals surface area contributed by atoms with Gasteiger partial charge in [0.15, 0.2) is 0 Å². The van der Waals surface area contributed by atoms with Crippen molar-refractivity contribution in [3.05, 3.63) is 29.8 Å². The minimum atomic E-state index is 0. The smallest absolute Gasteiger partial charge is 0.0940 e. The van der Waals surface area contributed by atoms with Crippen LogP contribution in [0.4, 0.5) is 5.69 Å². The fourth-order valence-electron chi connectivity index (χ4n) is 2.17. The van der Waals surface area contributed by atoms with Crippen molar-refractivity contribution in [1.29, 1.82) is 0 Å². The molecule has 1 aromatic rings. The van der Waals surface area contributed by atoms with Crippen LogP contribution in [0.2, 0.25) is 0 Å². The lowest BCUT2D eigenvalue weighted by atomic mass is 10.0. The first kappa shape index (κ1) is 17.1. The largest absolute Gasteiger partial charge is 0.399 e. The average Bonchev–Trinajstić information content (AvgIpc) is 2.46. The van der Waals surface area contributed by atoms with Gasteiger partial charge >= 0.3 is 0 Å². The number of anilines is 1. The molecule has 2 rings (SSSR count). The van der Waals surface area contributed by atoms with Crippen molar-refractivity contribution in [3.8, 4) is 0 Å². The maximum absolute atomic E-state index is 5.93. The SMILES string of the molecule is Cl.Cl.NC1=NC(Cc2ccccc2N)CCCC1. The molecule has 1 atom stereocenters. The summed E-state index contributed by atoms with van der Waals surface area (Å²) in [6, 6.07) is 8.32. The summed E-state index contributed by atoms with van der Waals surface area (Å²) in [4.78, 5) is 4.55. The molecule has 1 heterocycles. The molecule has 0 saturated heterocycles. The lowest BCUT2D eigenvalue weighted by Crippen LogP contribution is -2.16. The highest BCUT2D eigenvalue weighted by molar-refractivity contribution is 5.85. The van der Waals surface area contributed by atoms with Crippen molar-refractivity contribution in [2.24, 2.45) is 10.7 Å². The van der Waals surface area contributed by atoms with E-state index in [9.17, 15) is 0 Å². The molecule has 1 aromatic carbocycles. The molecular weight excluding hydrogens is 269 g/mol. The molecular formula is C13H21Cl2N3. The lowest BCUT2D eigenvalue weighted by molar-refractivity contribution is 0.588. The summed E-state index contributed by atoms with van der Waals surface area (Å²) in [5.74, 6) is 0.803. The van der Waals surface area contributed by atoms with E-state index in [2.05, 4.69) is 11.1 Å². The van der Waals surface area contributed by atoms with E-state index >= 15 is 0 Å². The Bertz CT molecular complexity index is 394. The Kier molecular flexibility index (Phi) is 7.80. The summed E-state index contributed by atoms with van der Waals surface area (Å²) in [6.45, 7) is 0. The van der Waals surface area contributed by atoms with Gasteiger partial charge in [0.25, 0.3) is 0 Å². The second-order valence-corrected chi connectivity index (χ2v) is 4.42. The van der Waals surface area contributed by atoms with Gasteiger partial charge in [-0.05, 0) is 30.9 Å². The number of benzene rings is 1. The Balaban J connectivity index is 0.00000144. The van der Waals surface area contributed by atoms with Gasteiger partial charge in [-0.3, -0.25) is 4.99 Å². The lowest BCUT2D eigenvalue weighted by Gasteiger charge is -2.12. The third-order valence-electron chi connectivity index (χ3n) is 3.08. The number of nitrogen functional groups attached to an aromatic ring is 1. The van der Waals surface area contributed by atoms with Crippen LogP contribution in [-0.4, -0.2) is 11.9 Å². The van der Waals surface area contributed by atoms with Crippen LogP contribution >= 0.6 is 24.8 Å². The summed E-state index contributed by atoms with van der Waals surface area (Å²) < 4.78 is 0. The Morgan fingerprint density at radius 1 is 1.11 bits per heavy atom. The molecule has 4 N–H and O–H groups in total. The highest BCUT2D eigenvalue weighted by Gasteiger charge is 2.13. The highest BCUT2D eigenvalue weighted by Crippen LogP contribution is 2.19. The fraction of sp³-hybridized carbons (Fsp3) is 0.462. The van der Waals surface area contributed by atoms with E-state index < -0.39 is 0 Å². The number of hydrogen-bond donors (Lipinski definition) is 2. The first-order valence-electron chi connectivity index (χ1n) is 5.91. The Morgan fingerprint density at radius 2 is 1.83 bits per heavy atom. The van der Waals surface area contributed by atoms with Crippen LogP contribution < -0.4 is 11.5 Å². The van der Waals surface area contributed by atoms with E-state index in [-0.39, 0.29) is 24.8 Å². The van der Waals surface area contributed by atoms with Gasteiger partial charge < -0.3 is 11.5 Å². The van der Waals surface area contributed by atoms with Gasteiger partial charge in [0.2, 0.25) is 0 Å². The van der Waals surface area contributed by atoms with Crippen LogP contribution in [-0.2, 0) is 6.42 Å². The predicted octanol–water partition coefficient (Wildman–Crippen LogP) is 2.95. The maximum Gasteiger partial charge on any atom is 0.0940 e. The number of nitrogens with zero attached hydrogens (tertiary/aromatic N) is 1. The summed E-state index contributed by atoms with van der Waals surface area (Å²) in [6.07, 6.45) is 5.35. The van der Waals surface area contributed by atoms with Crippen molar-refractivity contribution in [2.45, 2.75) is 38.1 Å². The Morgan fingerprint density at radius 3 is 2.56 bits per heavy atom. The molecule has 0 amide bonds. The molecule has 0 bridgehead atoms. The van der Waals surface area contributed by atoms with Crippen LogP contribution in [0.25, 0.3) is 0 Å². The summed E-state index contributed by atoms with van der Waals surface area (Å²) >= 11 is 0. The second-order valence-electron chi connectivity index (χ2n) is 4.42. The minimum Gasteiger partial charge on any atom is -0.399 e. The van der Waals surface area contributed by atoms with Crippen LogP contribution in [0.1, 0.15) is 31.2 Å². The molecule has 0 fully saturated rings. The zero-order valence-electron chi connectivity index (χ0n) is 10.3. The van der Waals surface area contributed by atoms with Crippen LogP contribution in [0.5, 0.6) is 0 Å². The standard InChI is InChI=1S/C13H19N3.2ClH/c14-12-7-3-1-5-10(12)9-11-6-2-4-8-13(15)16-11;;/h1,3,5,7,11H,2,4,6,8-9,14H2,(H2,15,16);2*1H. The average molecular weight is 290 g/mol. The van der Waals surface area contributed by atoms with Crippen LogP contribution in [0.15, 0.2) is 29.3 Å². The van der Waals surface area contributed by atoms with Crippen LogP contribution in [0.3, 0.4) is 0 Å². The number of rotatable bonds is 2. The highest BCUT2D eigenvalue weighted by atomic mass is 35.5. The molecule has 1 unspecified atom stereocenters. The van der Waals surface area contributed by atoms with Gasteiger partial charge in [0.05, 0.1) is 11.9 Å². The Hall–Kier alpha value is -0.930.